The maximum absolute atomic E-state index is 4.42. The van der Waals surface area contributed by atoms with E-state index in [1.54, 1.807) is 0 Å². The Balaban J connectivity index is 1.95. The lowest BCUT2D eigenvalue weighted by Crippen LogP contribution is -2.07. The standard InChI is InChI=1S/C14H14N4/c1-10(12-8-16-17-9-12)18-14-13-5-3-2-4-11(13)6-7-15-14/h2-10H,1H3,(H,15,18)(H,16,17). The summed E-state index contributed by atoms with van der Waals surface area (Å²) in [4.78, 5) is 4.42. The summed E-state index contributed by atoms with van der Waals surface area (Å²) in [6, 6.07) is 10.4. The van der Waals surface area contributed by atoms with Crippen LogP contribution in [0.3, 0.4) is 0 Å². The lowest BCUT2D eigenvalue weighted by Gasteiger charge is -2.14. The van der Waals surface area contributed by atoms with Crippen LogP contribution in [0.25, 0.3) is 10.8 Å². The minimum Gasteiger partial charge on any atom is -0.363 e. The lowest BCUT2D eigenvalue weighted by atomic mass is 10.1. The van der Waals surface area contributed by atoms with Gasteiger partial charge in [0.15, 0.2) is 0 Å². The summed E-state index contributed by atoms with van der Waals surface area (Å²) in [7, 11) is 0. The Morgan fingerprint density at radius 3 is 2.94 bits per heavy atom. The molecule has 4 heteroatoms. The Kier molecular flexibility index (Phi) is 2.68. The monoisotopic (exact) mass is 238 g/mol. The number of hydrogen-bond acceptors (Lipinski definition) is 3. The van der Waals surface area contributed by atoms with Crippen molar-refractivity contribution < 1.29 is 0 Å². The molecule has 0 bridgehead atoms. The van der Waals surface area contributed by atoms with Crippen LogP contribution in [0.1, 0.15) is 18.5 Å². The zero-order chi connectivity index (χ0) is 12.4. The Bertz CT molecular complexity index is 640. The maximum Gasteiger partial charge on any atom is 0.134 e. The minimum absolute atomic E-state index is 0.169. The summed E-state index contributed by atoms with van der Waals surface area (Å²) in [5.41, 5.74) is 1.12. The van der Waals surface area contributed by atoms with Gasteiger partial charge in [-0.1, -0.05) is 24.3 Å². The molecule has 0 aliphatic heterocycles. The molecule has 2 N–H and O–H groups in total. The van der Waals surface area contributed by atoms with Crippen LogP contribution in [0.4, 0.5) is 5.82 Å². The predicted molar refractivity (Wildman–Crippen MR) is 72.4 cm³/mol. The number of hydrogen-bond donors (Lipinski definition) is 2. The van der Waals surface area contributed by atoms with Gasteiger partial charge in [0, 0.05) is 23.3 Å². The van der Waals surface area contributed by atoms with Crippen LogP contribution >= 0.6 is 0 Å². The number of benzene rings is 1. The zero-order valence-corrected chi connectivity index (χ0v) is 10.1. The van der Waals surface area contributed by atoms with Crippen molar-refractivity contribution in [3.05, 3.63) is 54.5 Å². The van der Waals surface area contributed by atoms with Gasteiger partial charge in [-0.25, -0.2) is 4.98 Å². The molecule has 0 amide bonds. The molecule has 0 saturated heterocycles. The first kappa shape index (κ1) is 10.8. The molecule has 4 nitrogen and oxygen atoms in total. The molecule has 0 saturated carbocycles. The molecule has 2 aromatic heterocycles. The van der Waals surface area contributed by atoms with E-state index < -0.39 is 0 Å². The Morgan fingerprint density at radius 2 is 2.11 bits per heavy atom. The van der Waals surface area contributed by atoms with E-state index in [4.69, 9.17) is 0 Å². The summed E-state index contributed by atoms with van der Waals surface area (Å²) in [6.45, 7) is 2.09. The van der Waals surface area contributed by atoms with Crippen LogP contribution in [-0.4, -0.2) is 15.2 Å². The van der Waals surface area contributed by atoms with Gasteiger partial charge in [-0.15, -0.1) is 0 Å². The van der Waals surface area contributed by atoms with Crippen LogP contribution < -0.4 is 5.32 Å². The van der Waals surface area contributed by atoms with Crippen molar-refractivity contribution in [3.63, 3.8) is 0 Å². The molecule has 3 rings (SSSR count). The second-order valence-electron chi connectivity index (χ2n) is 4.28. The van der Waals surface area contributed by atoms with E-state index in [0.29, 0.717) is 0 Å². The molecule has 18 heavy (non-hydrogen) atoms. The van der Waals surface area contributed by atoms with Crippen LogP contribution in [0.2, 0.25) is 0 Å². The molecule has 2 heterocycles. The van der Waals surface area contributed by atoms with E-state index in [9.17, 15) is 0 Å². The molecular weight excluding hydrogens is 224 g/mol. The third-order valence-corrected chi connectivity index (χ3v) is 3.05. The van der Waals surface area contributed by atoms with E-state index in [2.05, 4.69) is 39.6 Å². The fourth-order valence-corrected chi connectivity index (χ4v) is 2.02. The van der Waals surface area contributed by atoms with Crippen molar-refractivity contribution >= 4 is 16.6 Å². The second-order valence-corrected chi connectivity index (χ2v) is 4.28. The predicted octanol–water partition coefficient (Wildman–Crippen LogP) is 3.13. The number of aromatic nitrogens is 3. The van der Waals surface area contributed by atoms with E-state index in [1.807, 2.05) is 36.8 Å². The number of fused-ring (bicyclic) bond motifs is 1. The fraction of sp³-hybridized carbons (Fsp3) is 0.143. The van der Waals surface area contributed by atoms with Crippen LogP contribution in [0.15, 0.2) is 48.9 Å². The Hall–Kier alpha value is -2.36. The van der Waals surface area contributed by atoms with Gasteiger partial charge < -0.3 is 5.32 Å². The SMILES string of the molecule is CC(Nc1nccc2ccccc12)c1cn[nH]c1. The minimum atomic E-state index is 0.169. The van der Waals surface area contributed by atoms with Gasteiger partial charge in [-0.2, -0.15) is 5.10 Å². The van der Waals surface area contributed by atoms with Gasteiger partial charge in [0.05, 0.1) is 12.2 Å². The van der Waals surface area contributed by atoms with Crippen LogP contribution in [-0.2, 0) is 0 Å². The first-order valence-corrected chi connectivity index (χ1v) is 5.93. The fourth-order valence-electron chi connectivity index (χ4n) is 2.02. The first-order valence-electron chi connectivity index (χ1n) is 5.93. The average Bonchev–Trinajstić information content (AvgIpc) is 2.93. The normalized spacial score (nSPS) is 12.5. The molecule has 0 aliphatic carbocycles. The summed E-state index contributed by atoms with van der Waals surface area (Å²) < 4.78 is 0. The van der Waals surface area contributed by atoms with Crippen LogP contribution in [0.5, 0.6) is 0 Å². The number of nitrogens with one attached hydrogen (secondary N) is 2. The van der Waals surface area contributed by atoms with Gasteiger partial charge in [-0.05, 0) is 18.4 Å². The number of H-pyrrole nitrogens is 1. The Labute approximate surface area is 105 Å². The van der Waals surface area contributed by atoms with Crippen molar-refractivity contribution in [1.29, 1.82) is 0 Å². The molecule has 1 unspecified atom stereocenters. The second kappa shape index (κ2) is 4.49. The van der Waals surface area contributed by atoms with E-state index in [0.717, 1.165) is 16.8 Å². The van der Waals surface area contributed by atoms with Crippen molar-refractivity contribution in [1.82, 2.24) is 15.2 Å². The highest BCUT2D eigenvalue weighted by molar-refractivity contribution is 5.91. The molecular formula is C14H14N4. The summed E-state index contributed by atoms with van der Waals surface area (Å²) in [5, 5.41) is 12.5. The molecule has 90 valence electrons. The molecule has 1 aromatic carbocycles. The van der Waals surface area contributed by atoms with Crippen LogP contribution in [0, 0.1) is 0 Å². The summed E-state index contributed by atoms with van der Waals surface area (Å²) in [6.07, 6.45) is 5.54. The number of aromatic amines is 1. The molecule has 3 aromatic rings. The smallest absolute Gasteiger partial charge is 0.134 e. The molecule has 0 spiro atoms. The van der Waals surface area contributed by atoms with Crippen molar-refractivity contribution in [3.8, 4) is 0 Å². The highest BCUT2D eigenvalue weighted by Crippen LogP contribution is 2.24. The van der Waals surface area contributed by atoms with Gasteiger partial charge in [0.1, 0.15) is 5.82 Å². The maximum atomic E-state index is 4.42. The van der Waals surface area contributed by atoms with E-state index in [-0.39, 0.29) is 6.04 Å². The molecule has 0 aliphatic rings. The quantitative estimate of drug-likeness (QED) is 0.737. The number of pyridine rings is 1. The topological polar surface area (TPSA) is 53.6 Å². The first-order chi connectivity index (χ1) is 8.84. The van der Waals surface area contributed by atoms with Gasteiger partial charge in [-0.3, -0.25) is 5.10 Å². The van der Waals surface area contributed by atoms with E-state index >= 15 is 0 Å². The lowest BCUT2D eigenvalue weighted by molar-refractivity contribution is 0.879. The third-order valence-electron chi connectivity index (χ3n) is 3.05. The van der Waals surface area contributed by atoms with Gasteiger partial charge in [0.25, 0.3) is 0 Å². The highest BCUT2D eigenvalue weighted by atomic mass is 15.1. The number of rotatable bonds is 3. The summed E-state index contributed by atoms with van der Waals surface area (Å²) in [5.74, 6) is 0.904. The van der Waals surface area contributed by atoms with E-state index in [1.165, 1.54) is 5.39 Å². The number of anilines is 1. The Morgan fingerprint density at radius 1 is 1.22 bits per heavy atom. The highest BCUT2D eigenvalue weighted by Gasteiger charge is 2.08. The summed E-state index contributed by atoms with van der Waals surface area (Å²) >= 11 is 0. The third kappa shape index (κ3) is 1.93. The largest absolute Gasteiger partial charge is 0.363 e. The van der Waals surface area contributed by atoms with Crippen molar-refractivity contribution in [2.24, 2.45) is 0 Å². The van der Waals surface area contributed by atoms with Crippen molar-refractivity contribution in [2.45, 2.75) is 13.0 Å². The molecule has 1 atom stereocenters. The van der Waals surface area contributed by atoms with Crippen molar-refractivity contribution in [2.75, 3.05) is 5.32 Å². The number of nitrogens with zero attached hydrogens (tertiary/aromatic N) is 2. The van der Waals surface area contributed by atoms with Gasteiger partial charge in [0.2, 0.25) is 0 Å². The molecule has 0 fully saturated rings. The molecule has 0 radical (unpaired) electrons. The van der Waals surface area contributed by atoms with Gasteiger partial charge >= 0.3 is 0 Å². The average molecular weight is 238 g/mol. The zero-order valence-electron chi connectivity index (χ0n) is 10.1.